The Morgan fingerprint density at radius 2 is 1.91 bits per heavy atom. The van der Waals surface area contributed by atoms with Crippen molar-refractivity contribution in [3.8, 4) is 5.75 Å². The monoisotopic (exact) mass is 444 g/mol. The van der Waals surface area contributed by atoms with E-state index in [1.165, 1.54) is 0 Å². The van der Waals surface area contributed by atoms with Crippen molar-refractivity contribution in [2.24, 2.45) is 5.92 Å². The predicted octanol–water partition coefficient (Wildman–Crippen LogP) is 2.99. The van der Waals surface area contributed by atoms with Crippen LogP contribution in [0.5, 0.6) is 5.75 Å². The van der Waals surface area contributed by atoms with E-state index in [1.54, 1.807) is 19.2 Å². The fraction of sp³-hybridized carbons (Fsp3) is 0.308. The fourth-order valence-electron chi connectivity index (χ4n) is 5.10. The maximum atomic E-state index is 12.7. The number of nitrogens with one attached hydrogen (secondary N) is 1. The van der Waals surface area contributed by atoms with E-state index in [0.29, 0.717) is 29.6 Å². The summed E-state index contributed by atoms with van der Waals surface area (Å²) in [5.74, 6) is 1.33. The summed E-state index contributed by atoms with van der Waals surface area (Å²) in [5.41, 5.74) is 10.7. The van der Waals surface area contributed by atoms with Crippen molar-refractivity contribution >= 4 is 17.3 Å². The van der Waals surface area contributed by atoms with E-state index in [4.69, 9.17) is 10.5 Å². The number of methoxy groups -OCH3 is 1. The molecule has 2 bridgehead atoms. The van der Waals surface area contributed by atoms with E-state index in [1.807, 2.05) is 47.0 Å². The van der Waals surface area contributed by atoms with Gasteiger partial charge in [0, 0.05) is 49.4 Å². The molecule has 3 aromatic rings. The molecule has 2 aromatic carbocycles. The zero-order valence-electron chi connectivity index (χ0n) is 18.7. The minimum Gasteiger partial charge on any atom is -0.497 e. The number of amides is 1. The molecule has 0 unspecified atom stereocenters. The quantitative estimate of drug-likeness (QED) is 0.591. The van der Waals surface area contributed by atoms with Crippen LogP contribution >= 0.6 is 0 Å². The molecule has 170 valence electrons. The van der Waals surface area contributed by atoms with Gasteiger partial charge >= 0.3 is 0 Å². The lowest BCUT2D eigenvalue weighted by Crippen LogP contribution is -2.47. The highest BCUT2D eigenvalue weighted by atomic mass is 16.5. The van der Waals surface area contributed by atoms with Gasteiger partial charge in [-0.15, -0.1) is 0 Å². The number of piperidine rings is 1. The molecule has 2 atom stereocenters. The minimum absolute atomic E-state index is 0.0835. The van der Waals surface area contributed by atoms with E-state index in [2.05, 4.69) is 16.3 Å². The Morgan fingerprint density at radius 3 is 2.67 bits per heavy atom. The molecule has 33 heavy (non-hydrogen) atoms. The lowest BCUT2D eigenvalue weighted by molar-refractivity contribution is 0.0951. The molecule has 1 amide bonds. The number of benzene rings is 2. The average Bonchev–Trinajstić information content (AvgIpc) is 2.83. The zero-order chi connectivity index (χ0) is 22.9. The number of nitrogens with two attached hydrogens (primary N) is 1. The van der Waals surface area contributed by atoms with Gasteiger partial charge in [-0.3, -0.25) is 9.59 Å². The molecule has 1 saturated heterocycles. The Labute approximate surface area is 192 Å². The summed E-state index contributed by atoms with van der Waals surface area (Å²) in [5, 5.41) is 2.95. The number of fused-ring (bicyclic) bond motifs is 4. The molecule has 3 heterocycles. The number of aromatic nitrogens is 1. The van der Waals surface area contributed by atoms with Crippen LogP contribution in [0.4, 0.5) is 11.4 Å². The molecule has 1 aromatic heterocycles. The van der Waals surface area contributed by atoms with Crippen molar-refractivity contribution in [1.29, 1.82) is 0 Å². The summed E-state index contributed by atoms with van der Waals surface area (Å²) in [4.78, 5) is 27.2. The third-order valence-corrected chi connectivity index (χ3v) is 6.72. The highest BCUT2D eigenvalue weighted by Crippen LogP contribution is 2.38. The lowest BCUT2D eigenvalue weighted by atomic mass is 9.83. The summed E-state index contributed by atoms with van der Waals surface area (Å²) in [6.45, 7) is 2.84. The van der Waals surface area contributed by atoms with Gasteiger partial charge in [0.1, 0.15) is 5.75 Å². The number of nitrogen functional groups attached to an aromatic ring is 1. The maximum Gasteiger partial charge on any atom is 0.251 e. The summed E-state index contributed by atoms with van der Waals surface area (Å²) >= 11 is 0. The number of carbonyl (C=O) groups is 1. The highest BCUT2D eigenvalue weighted by Gasteiger charge is 2.35. The Morgan fingerprint density at radius 1 is 1.09 bits per heavy atom. The van der Waals surface area contributed by atoms with Crippen LogP contribution in [0.15, 0.2) is 65.5 Å². The largest absolute Gasteiger partial charge is 0.497 e. The second kappa shape index (κ2) is 8.65. The molecule has 3 N–H and O–H groups in total. The molecule has 5 rings (SSSR count). The average molecular weight is 445 g/mol. The Bertz CT molecular complexity index is 1240. The normalized spacial score (nSPS) is 19.0. The first-order valence-electron chi connectivity index (χ1n) is 11.3. The molecule has 7 nitrogen and oxygen atoms in total. The minimum atomic E-state index is -0.159. The van der Waals surface area contributed by atoms with E-state index < -0.39 is 0 Å². The van der Waals surface area contributed by atoms with Crippen LogP contribution in [0, 0.1) is 5.92 Å². The second-order valence-electron chi connectivity index (χ2n) is 8.91. The Hall–Kier alpha value is -3.74. The number of anilines is 2. The molecule has 0 saturated carbocycles. The van der Waals surface area contributed by atoms with E-state index in [-0.39, 0.29) is 11.5 Å². The standard InChI is InChI=1S/C26H28N4O3/c1-33-21-8-5-17(6-9-21)13-28-26(32)19-7-10-24(22(27)12-19)29-14-18-11-20(16-29)23-3-2-4-25(31)30(23)15-18/h2-10,12,18,20H,11,13-16,27H2,1H3,(H,28,32)/t18-,20+/m1/s1. The summed E-state index contributed by atoms with van der Waals surface area (Å²) < 4.78 is 7.09. The molecule has 2 aliphatic rings. The number of rotatable bonds is 5. The number of nitrogens with zero attached hydrogens (tertiary/aromatic N) is 2. The molecule has 7 heteroatoms. The summed E-state index contributed by atoms with van der Waals surface area (Å²) in [6.07, 6.45) is 1.09. The van der Waals surface area contributed by atoms with E-state index in [9.17, 15) is 9.59 Å². The molecule has 0 spiro atoms. The third kappa shape index (κ3) is 4.18. The fourth-order valence-corrected chi connectivity index (χ4v) is 5.10. The Balaban J connectivity index is 1.28. The second-order valence-corrected chi connectivity index (χ2v) is 8.91. The number of ether oxygens (including phenoxy) is 1. The van der Waals surface area contributed by atoms with Crippen molar-refractivity contribution < 1.29 is 9.53 Å². The van der Waals surface area contributed by atoms with Crippen LogP contribution in [0.2, 0.25) is 0 Å². The molecule has 1 fully saturated rings. The lowest BCUT2D eigenvalue weighted by Gasteiger charge is -2.44. The first-order valence-corrected chi connectivity index (χ1v) is 11.3. The first-order chi connectivity index (χ1) is 16.0. The molecule has 0 radical (unpaired) electrons. The van der Waals surface area contributed by atoms with Crippen LogP contribution in [0.25, 0.3) is 0 Å². The van der Waals surface area contributed by atoms with Crippen molar-refractivity contribution in [2.45, 2.75) is 25.4 Å². The number of pyridine rings is 1. The van der Waals surface area contributed by atoms with Gasteiger partial charge in [-0.1, -0.05) is 18.2 Å². The van der Waals surface area contributed by atoms with Gasteiger partial charge < -0.3 is 25.3 Å². The van der Waals surface area contributed by atoms with Crippen molar-refractivity contribution in [3.63, 3.8) is 0 Å². The summed E-state index contributed by atoms with van der Waals surface area (Å²) in [6, 6.07) is 18.7. The smallest absolute Gasteiger partial charge is 0.251 e. The van der Waals surface area contributed by atoms with Gasteiger partial charge in [0.15, 0.2) is 0 Å². The maximum absolute atomic E-state index is 12.7. The third-order valence-electron chi connectivity index (χ3n) is 6.72. The van der Waals surface area contributed by atoms with Crippen molar-refractivity contribution in [1.82, 2.24) is 9.88 Å². The number of carbonyl (C=O) groups excluding carboxylic acids is 1. The number of hydrogen-bond acceptors (Lipinski definition) is 5. The Kier molecular flexibility index (Phi) is 5.54. The molecule has 2 aliphatic heterocycles. The van der Waals surface area contributed by atoms with Crippen LogP contribution in [-0.2, 0) is 13.1 Å². The molecular formula is C26H28N4O3. The van der Waals surface area contributed by atoms with Crippen molar-refractivity contribution in [3.05, 3.63) is 87.8 Å². The van der Waals surface area contributed by atoms with Crippen molar-refractivity contribution in [2.75, 3.05) is 30.8 Å². The van der Waals surface area contributed by atoms with Crippen LogP contribution in [0.1, 0.15) is 34.0 Å². The topological polar surface area (TPSA) is 89.6 Å². The zero-order valence-corrected chi connectivity index (χ0v) is 18.7. The SMILES string of the molecule is COc1ccc(CNC(=O)c2ccc(N3C[C@H]4C[C@@H](C3)c3cccc(=O)n3C4)c(N)c2)cc1. The van der Waals surface area contributed by atoms with Gasteiger partial charge in [0.05, 0.1) is 18.5 Å². The van der Waals surface area contributed by atoms with Crippen LogP contribution < -0.4 is 26.2 Å². The first kappa shape index (κ1) is 21.1. The van der Waals surface area contributed by atoms with E-state index >= 15 is 0 Å². The van der Waals surface area contributed by atoms with Gasteiger partial charge in [0.2, 0.25) is 0 Å². The highest BCUT2D eigenvalue weighted by molar-refractivity contribution is 5.96. The van der Waals surface area contributed by atoms with Crippen LogP contribution in [0.3, 0.4) is 0 Å². The molecular weight excluding hydrogens is 416 g/mol. The number of hydrogen-bond donors (Lipinski definition) is 2. The van der Waals surface area contributed by atoms with Crippen LogP contribution in [-0.4, -0.2) is 30.7 Å². The predicted molar refractivity (Wildman–Crippen MR) is 129 cm³/mol. The van der Waals surface area contributed by atoms with Gasteiger partial charge in [-0.05, 0) is 54.3 Å². The van der Waals surface area contributed by atoms with E-state index in [0.717, 1.165) is 48.7 Å². The molecule has 0 aliphatic carbocycles. The van der Waals surface area contributed by atoms with Gasteiger partial charge in [-0.2, -0.15) is 0 Å². The van der Waals surface area contributed by atoms with Gasteiger partial charge in [-0.25, -0.2) is 0 Å². The summed E-state index contributed by atoms with van der Waals surface area (Å²) in [7, 11) is 1.63. The van der Waals surface area contributed by atoms with Gasteiger partial charge in [0.25, 0.3) is 11.5 Å².